The van der Waals surface area contributed by atoms with Gasteiger partial charge in [0.1, 0.15) is 6.04 Å². The van der Waals surface area contributed by atoms with Gasteiger partial charge in [-0.2, -0.15) is 4.80 Å². The molecule has 3 heterocycles. The molecule has 226 valence electrons. The van der Waals surface area contributed by atoms with E-state index in [0.29, 0.717) is 29.8 Å². The monoisotopic (exact) mass is 575 g/mol. The number of ether oxygens (including phenoxy) is 2. The minimum Gasteiger partial charge on any atom is -0.493 e. The molecule has 0 unspecified atom stereocenters. The highest BCUT2D eigenvalue weighted by Gasteiger charge is 2.34. The van der Waals surface area contributed by atoms with Crippen molar-refractivity contribution in [3.05, 3.63) is 65.5 Å². The Kier molecular flexibility index (Phi) is 9.43. The summed E-state index contributed by atoms with van der Waals surface area (Å²) < 4.78 is 11.5. The maximum atomic E-state index is 12.7. The topological polar surface area (TPSA) is 88.9 Å². The molecule has 1 aromatic heterocycles. The van der Waals surface area contributed by atoms with Gasteiger partial charge in [-0.05, 0) is 48.7 Å². The zero-order valence-electron chi connectivity index (χ0n) is 25.7. The van der Waals surface area contributed by atoms with Crippen LogP contribution in [0.15, 0.2) is 48.5 Å². The number of carbonyl (C=O) groups excluding carboxylic acids is 1. The molecule has 2 fully saturated rings. The van der Waals surface area contributed by atoms with Gasteiger partial charge >= 0.3 is 0 Å². The number of hydrogen-bond donors (Lipinski definition) is 0. The normalized spacial score (nSPS) is 18.2. The quantitative estimate of drug-likeness (QED) is 0.380. The van der Waals surface area contributed by atoms with Crippen LogP contribution < -0.4 is 9.47 Å². The van der Waals surface area contributed by atoms with Crippen molar-refractivity contribution in [2.45, 2.75) is 52.1 Å². The number of para-hydroxylation sites is 1. The van der Waals surface area contributed by atoms with Gasteiger partial charge in [0, 0.05) is 43.7 Å². The van der Waals surface area contributed by atoms with E-state index in [2.05, 4.69) is 56.5 Å². The van der Waals surface area contributed by atoms with E-state index in [-0.39, 0.29) is 17.4 Å². The molecule has 0 aliphatic carbocycles. The molecule has 0 saturated carbocycles. The molecule has 0 spiro atoms. The summed E-state index contributed by atoms with van der Waals surface area (Å²) in [6, 6.07) is 16.6. The minimum atomic E-state index is -0.345. The summed E-state index contributed by atoms with van der Waals surface area (Å²) in [5.74, 6) is 2.82. The predicted octanol–water partition coefficient (Wildman–Crippen LogP) is 3.85. The molecule has 0 radical (unpaired) electrons. The van der Waals surface area contributed by atoms with Crippen LogP contribution in [0.25, 0.3) is 0 Å². The van der Waals surface area contributed by atoms with Crippen molar-refractivity contribution in [2.24, 2.45) is 5.41 Å². The third-order valence-corrected chi connectivity index (χ3v) is 8.52. The summed E-state index contributed by atoms with van der Waals surface area (Å²) in [6.45, 7) is 12.4. The fourth-order valence-electron chi connectivity index (χ4n) is 6.18. The Bertz CT molecular complexity index is 1310. The van der Waals surface area contributed by atoms with Crippen molar-refractivity contribution < 1.29 is 14.3 Å². The second-order valence-electron chi connectivity index (χ2n) is 12.3. The van der Waals surface area contributed by atoms with Gasteiger partial charge in [0.2, 0.25) is 5.91 Å². The number of rotatable bonds is 9. The first-order chi connectivity index (χ1) is 20.3. The molecule has 5 rings (SSSR count). The Hall–Kier alpha value is -3.50. The number of piperazine rings is 1. The van der Waals surface area contributed by atoms with Crippen molar-refractivity contribution in [1.82, 2.24) is 34.9 Å². The number of piperidine rings is 1. The Labute approximate surface area is 249 Å². The van der Waals surface area contributed by atoms with E-state index in [0.717, 1.165) is 64.2 Å². The summed E-state index contributed by atoms with van der Waals surface area (Å²) in [6.07, 6.45) is 2.12. The summed E-state index contributed by atoms with van der Waals surface area (Å²) in [7, 11) is 3.34. The molecule has 2 aromatic carbocycles. The highest BCUT2D eigenvalue weighted by molar-refractivity contribution is 5.81. The van der Waals surface area contributed by atoms with Gasteiger partial charge in [-0.1, -0.05) is 63.2 Å². The number of carbonyl (C=O) groups is 1. The first kappa shape index (κ1) is 30.0. The van der Waals surface area contributed by atoms with Crippen molar-refractivity contribution >= 4 is 5.91 Å². The van der Waals surface area contributed by atoms with Gasteiger partial charge in [0.15, 0.2) is 17.3 Å². The number of hydrogen-bond acceptors (Lipinski definition) is 8. The van der Waals surface area contributed by atoms with Crippen molar-refractivity contribution in [1.29, 1.82) is 0 Å². The molecular weight excluding hydrogens is 530 g/mol. The zero-order valence-corrected chi connectivity index (χ0v) is 25.7. The molecule has 0 N–H and O–H groups in total. The first-order valence-electron chi connectivity index (χ1n) is 15.1. The second kappa shape index (κ2) is 13.2. The van der Waals surface area contributed by atoms with Gasteiger partial charge in [-0.15, -0.1) is 10.2 Å². The lowest BCUT2D eigenvalue weighted by atomic mass is 9.88. The summed E-state index contributed by atoms with van der Waals surface area (Å²) in [5.41, 5.74) is 2.04. The number of benzene rings is 2. The number of methoxy groups -OCH3 is 2. The van der Waals surface area contributed by atoms with Gasteiger partial charge in [0.25, 0.3) is 0 Å². The third-order valence-electron chi connectivity index (χ3n) is 8.52. The number of amides is 1. The van der Waals surface area contributed by atoms with E-state index in [1.807, 2.05) is 37.8 Å². The Morgan fingerprint density at radius 2 is 1.62 bits per heavy atom. The molecular formula is C32H45N7O3. The molecule has 3 aromatic rings. The van der Waals surface area contributed by atoms with Crippen LogP contribution in [0.5, 0.6) is 11.5 Å². The zero-order chi connectivity index (χ0) is 29.7. The van der Waals surface area contributed by atoms with E-state index in [1.165, 1.54) is 5.56 Å². The average Bonchev–Trinajstić information content (AvgIpc) is 3.48. The second-order valence-corrected chi connectivity index (χ2v) is 12.3. The van der Waals surface area contributed by atoms with Gasteiger partial charge in [-0.3, -0.25) is 14.6 Å². The van der Waals surface area contributed by atoms with E-state index >= 15 is 0 Å². The fourth-order valence-corrected chi connectivity index (χ4v) is 6.18. The summed E-state index contributed by atoms with van der Waals surface area (Å²) >= 11 is 0. The third kappa shape index (κ3) is 6.76. The van der Waals surface area contributed by atoms with Crippen molar-refractivity contribution in [3.63, 3.8) is 0 Å². The number of nitrogens with zero attached hydrogens (tertiary/aromatic N) is 7. The Morgan fingerprint density at radius 3 is 2.26 bits per heavy atom. The summed E-state index contributed by atoms with van der Waals surface area (Å²) in [5, 5.41) is 13.9. The lowest BCUT2D eigenvalue weighted by Crippen LogP contribution is -2.52. The van der Waals surface area contributed by atoms with Crippen LogP contribution in [0.4, 0.5) is 0 Å². The minimum absolute atomic E-state index is 0.201. The van der Waals surface area contributed by atoms with Crippen molar-refractivity contribution in [2.75, 3.05) is 60.0 Å². The number of likely N-dealkylation sites (tertiary alicyclic amines) is 1. The van der Waals surface area contributed by atoms with Gasteiger partial charge in [-0.25, -0.2) is 0 Å². The molecule has 10 heteroatoms. The van der Waals surface area contributed by atoms with E-state index < -0.39 is 0 Å². The van der Waals surface area contributed by atoms with Crippen LogP contribution in [0.2, 0.25) is 0 Å². The maximum absolute atomic E-state index is 12.7. The molecule has 10 nitrogen and oxygen atoms in total. The number of aromatic nitrogens is 4. The average molecular weight is 576 g/mol. The molecule has 42 heavy (non-hydrogen) atoms. The SMILES string of the molecule is COc1cccc([C@H](c2nnn(CCN3CCN(C(=O)C(C)(C)C)CC3)n2)N2CCC(c3ccccc3)CC2)c1OC. The molecule has 2 saturated heterocycles. The number of tetrazole rings is 1. The largest absolute Gasteiger partial charge is 0.493 e. The van der Waals surface area contributed by atoms with Gasteiger partial charge in [0.05, 0.1) is 20.8 Å². The molecule has 1 amide bonds. The smallest absolute Gasteiger partial charge is 0.228 e. The van der Waals surface area contributed by atoms with E-state index in [4.69, 9.17) is 14.6 Å². The van der Waals surface area contributed by atoms with Crippen LogP contribution in [0.3, 0.4) is 0 Å². The van der Waals surface area contributed by atoms with Crippen molar-refractivity contribution in [3.8, 4) is 11.5 Å². The standard InChI is InChI=1S/C32H45N7O3/c1-32(2,3)31(40)38-21-18-36(19-22-38)20-23-39-34-30(33-35-39)28(26-12-9-13-27(41-4)29(26)42-5)37-16-14-25(15-17-37)24-10-7-6-8-11-24/h6-13,25,28H,14-23H2,1-5H3/t28-/m1/s1. The lowest BCUT2D eigenvalue weighted by molar-refractivity contribution is -0.141. The highest BCUT2D eigenvalue weighted by Crippen LogP contribution is 2.41. The molecule has 2 aliphatic rings. The van der Waals surface area contributed by atoms with Gasteiger partial charge < -0.3 is 14.4 Å². The summed E-state index contributed by atoms with van der Waals surface area (Å²) in [4.78, 5) is 21.2. The van der Waals surface area contributed by atoms with Crippen LogP contribution >= 0.6 is 0 Å². The molecule has 0 bridgehead atoms. The van der Waals surface area contributed by atoms with Crippen LogP contribution in [0.1, 0.15) is 62.5 Å². The maximum Gasteiger partial charge on any atom is 0.228 e. The molecule has 1 atom stereocenters. The van der Waals surface area contributed by atoms with Crippen LogP contribution in [-0.4, -0.2) is 101 Å². The Balaban J connectivity index is 1.29. The Morgan fingerprint density at radius 1 is 0.905 bits per heavy atom. The predicted molar refractivity (Wildman–Crippen MR) is 162 cm³/mol. The lowest BCUT2D eigenvalue weighted by Gasteiger charge is -2.37. The van der Waals surface area contributed by atoms with E-state index in [9.17, 15) is 4.79 Å². The fraction of sp³-hybridized carbons (Fsp3) is 0.562. The van der Waals surface area contributed by atoms with E-state index in [1.54, 1.807) is 19.0 Å². The molecule has 2 aliphatic heterocycles. The highest BCUT2D eigenvalue weighted by atomic mass is 16.5. The first-order valence-corrected chi connectivity index (χ1v) is 15.1. The van der Waals surface area contributed by atoms with Crippen LogP contribution in [0, 0.1) is 5.41 Å². The van der Waals surface area contributed by atoms with Crippen LogP contribution in [-0.2, 0) is 11.3 Å².